The normalized spacial score (nSPS) is 11.0. The fourth-order valence-electron chi connectivity index (χ4n) is 2.12. The molecule has 0 aliphatic heterocycles. The van der Waals surface area contributed by atoms with Gasteiger partial charge in [-0.05, 0) is 55.8 Å². The molecule has 0 atom stereocenters. The van der Waals surface area contributed by atoms with Crippen LogP contribution in [0.3, 0.4) is 0 Å². The van der Waals surface area contributed by atoms with Crippen LogP contribution >= 0.6 is 0 Å². The van der Waals surface area contributed by atoms with E-state index in [0.717, 1.165) is 11.6 Å². The molecule has 2 aromatic rings. The SMILES string of the molecule is CCOc1ccc(C(=O)C=C(Nc2cccc(C)c2)C(=O)[O-])cc1. The van der Waals surface area contributed by atoms with Gasteiger partial charge in [-0.1, -0.05) is 12.1 Å². The van der Waals surface area contributed by atoms with Gasteiger partial charge in [0, 0.05) is 17.3 Å². The van der Waals surface area contributed by atoms with Crippen LogP contribution in [-0.2, 0) is 4.79 Å². The standard InChI is InChI=1S/C19H19NO4/c1-3-24-16-9-7-14(8-10-16)18(21)12-17(19(22)23)20-15-6-4-5-13(2)11-15/h4-12,20H,3H2,1-2H3,(H,22,23)/p-1. The molecule has 0 bridgehead atoms. The Hall–Kier alpha value is -3.08. The van der Waals surface area contributed by atoms with Crippen molar-refractivity contribution in [3.05, 3.63) is 71.4 Å². The van der Waals surface area contributed by atoms with Crippen LogP contribution in [0.2, 0.25) is 0 Å². The summed E-state index contributed by atoms with van der Waals surface area (Å²) in [5.41, 5.74) is 1.61. The molecule has 0 aliphatic carbocycles. The van der Waals surface area contributed by atoms with Gasteiger partial charge in [0.2, 0.25) is 0 Å². The van der Waals surface area contributed by atoms with Gasteiger partial charge in [-0.25, -0.2) is 0 Å². The number of hydrogen-bond acceptors (Lipinski definition) is 5. The number of carbonyl (C=O) groups excluding carboxylic acids is 2. The number of hydrogen-bond donors (Lipinski definition) is 1. The van der Waals surface area contributed by atoms with Crippen molar-refractivity contribution in [1.82, 2.24) is 0 Å². The highest BCUT2D eigenvalue weighted by molar-refractivity contribution is 6.09. The number of aliphatic carboxylic acids is 1. The number of rotatable bonds is 7. The minimum Gasteiger partial charge on any atom is -0.543 e. The summed E-state index contributed by atoms with van der Waals surface area (Å²) in [6.07, 6.45) is 1.02. The van der Waals surface area contributed by atoms with Gasteiger partial charge in [0.25, 0.3) is 0 Å². The van der Waals surface area contributed by atoms with Gasteiger partial charge in [0.05, 0.1) is 18.3 Å². The molecule has 1 N–H and O–H groups in total. The Kier molecular flexibility index (Phi) is 5.73. The number of ketones is 1. The van der Waals surface area contributed by atoms with Crippen LogP contribution in [-0.4, -0.2) is 18.4 Å². The summed E-state index contributed by atoms with van der Waals surface area (Å²) in [7, 11) is 0. The molecule has 0 radical (unpaired) electrons. The van der Waals surface area contributed by atoms with Crippen molar-refractivity contribution in [3.8, 4) is 5.75 Å². The lowest BCUT2D eigenvalue weighted by Gasteiger charge is -2.12. The molecule has 5 heteroatoms. The third kappa shape index (κ3) is 4.71. The summed E-state index contributed by atoms with van der Waals surface area (Å²) in [4.78, 5) is 23.5. The molecular formula is C19H18NO4-. The Bertz CT molecular complexity index is 763. The van der Waals surface area contributed by atoms with Crippen LogP contribution in [0.5, 0.6) is 5.75 Å². The van der Waals surface area contributed by atoms with Crippen LogP contribution in [0.4, 0.5) is 5.69 Å². The van der Waals surface area contributed by atoms with Gasteiger partial charge in [-0.2, -0.15) is 0 Å². The molecular weight excluding hydrogens is 306 g/mol. The van der Waals surface area contributed by atoms with Gasteiger partial charge in [-0.3, -0.25) is 4.79 Å². The van der Waals surface area contributed by atoms with E-state index in [4.69, 9.17) is 4.74 Å². The molecule has 0 fully saturated rings. The molecule has 124 valence electrons. The predicted molar refractivity (Wildman–Crippen MR) is 89.8 cm³/mol. The Morgan fingerprint density at radius 1 is 1.17 bits per heavy atom. The molecule has 0 saturated heterocycles. The van der Waals surface area contributed by atoms with Crippen LogP contribution < -0.4 is 15.2 Å². The van der Waals surface area contributed by atoms with Crippen molar-refractivity contribution in [3.63, 3.8) is 0 Å². The molecule has 5 nitrogen and oxygen atoms in total. The predicted octanol–water partition coefficient (Wildman–Crippen LogP) is 2.32. The van der Waals surface area contributed by atoms with E-state index in [1.165, 1.54) is 0 Å². The lowest BCUT2D eigenvalue weighted by molar-refractivity contribution is -0.299. The summed E-state index contributed by atoms with van der Waals surface area (Å²) < 4.78 is 5.31. The van der Waals surface area contributed by atoms with Crippen molar-refractivity contribution in [2.75, 3.05) is 11.9 Å². The summed E-state index contributed by atoms with van der Waals surface area (Å²) in [6.45, 7) is 4.28. The Morgan fingerprint density at radius 3 is 2.46 bits per heavy atom. The Balaban J connectivity index is 2.20. The highest BCUT2D eigenvalue weighted by atomic mass is 16.5. The zero-order valence-corrected chi connectivity index (χ0v) is 13.5. The van der Waals surface area contributed by atoms with Crippen LogP contribution in [0.1, 0.15) is 22.8 Å². The molecule has 0 aromatic heterocycles. The van der Waals surface area contributed by atoms with E-state index in [1.807, 2.05) is 19.9 Å². The summed E-state index contributed by atoms with van der Waals surface area (Å²) >= 11 is 0. The average Bonchev–Trinajstić information content (AvgIpc) is 2.55. The van der Waals surface area contributed by atoms with Crippen molar-refractivity contribution < 1.29 is 19.4 Å². The Labute approximate surface area is 140 Å². The van der Waals surface area contributed by atoms with Gasteiger partial charge < -0.3 is 20.0 Å². The number of ether oxygens (including phenoxy) is 1. The second-order valence-electron chi connectivity index (χ2n) is 5.16. The molecule has 24 heavy (non-hydrogen) atoms. The Morgan fingerprint density at radius 2 is 1.88 bits per heavy atom. The topological polar surface area (TPSA) is 78.5 Å². The second kappa shape index (κ2) is 7.97. The lowest BCUT2D eigenvalue weighted by Crippen LogP contribution is -2.29. The van der Waals surface area contributed by atoms with Gasteiger partial charge in [0.15, 0.2) is 5.78 Å². The first-order valence-corrected chi connectivity index (χ1v) is 7.53. The third-order valence-electron chi connectivity index (χ3n) is 3.24. The minimum absolute atomic E-state index is 0.292. The quantitative estimate of drug-likeness (QED) is 0.624. The maximum Gasteiger partial charge on any atom is 0.187 e. The van der Waals surface area contributed by atoms with Crippen LogP contribution in [0.25, 0.3) is 0 Å². The van der Waals surface area contributed by atoms with E-state index in [-0.39, 0.29) is 5.70 Å². The second-order valence-corrected chi connectivity index (χ2v) is 5.16. The van der Waals surface area contributed by atoms with Crippen molar-refractivity contribution in [1.29, 1.82) is 0 Å². The van der Waals surface area contributed by atoms with Gasteiger partial charge in [0.1, 0.15) is 5.75 Å². The first-order chi connectivity index (χ1) is 11.5. The van der Waals surface area contributed by atoms with E-state index in [2.05, 4.69) is 5.32 Å². The largest absolute Gasteiger partial charge is 0.543 e. The molecule has 0 unspecified atom stereocenters. The van der Waals surface area contributed by atoms with Crippen LogP contribution in [0, 0.1) is 6.92 Å². The molecule has 0 saturated carbocycles. The van der Waals surface area contributed by atoms with E-state index in [1.54, 1.807) is 42.5 Å². The smallest absolute Gasteiger partial charge is 0.187 e. The van der Waals surface area contributed by atoms with E-state index in [9.17, 15) is 14.7 Å². The maximum atomic E-state index is 12.2. The monoisotopic (exact) mass is 324 g/mol. The van der Waals surface area contributed by atoms with E-state index < -0.39 is 11.8 Å². The highest BCUT2D eigenvalue weighted by Crippen LogP contribution is 2.15. The van der Waals surface area contributed by atoms with E-state index in [0.29, 0.717) is 23.6 Å². The fraction of sp³-hybridized carbons (Fsp3) is 0.158. The van der Waals surface area contributed by atoms with Crippen LogP contribution in [0.15, 0.2) is 60.3 Å². The fourth-order valence-corrected chi connectivity index (χ4v) is 2.12. The number of aryl methyl sites for hydroxylation is 1. The molecule has 2 rings (SSSR count). The first-order valence-electron chi connectivity index (χ1n) is 7.53. The zero-order valence-electron chi connectivity index (χ0n) is 13.5. The van der Waals surface area contributed by atoms with Crippen molar-refractivity contribution in [2.24, 2.45) is 0 Å². The first kappa shape index (κ1) is 17.3. The van der Waals surface area contributed by atoms with E-state index >= 15 is 0 Å². The molecule has 2 aromatic carbocycles. The number of allylic oxidation sites excluding steroid dienone is 1. The zero-order chi connectivity index (χ0) is 17.5. The molecule has 0 amide bonds. The molecule has 0 spiro atoms. The average molecular weight is 324 g/mol. The molecule has 0 aliphatic rings. The van der Waals surface area contributed by atoms with Gasteiger partial charge in [-0.15, -0.1) is 0 Å². The summed E-state index contributed by atoms with van der Waals surface area (Å²) in [5.74, 6) is -1.23. The van der Waals surface area contributed by atoms with Gasteiger partial charge >= 0.3 is 0 Å². The lowest BCUT2D eigenvalue weighted by atomic mass is 10.1. The number of carboxylic acids is 1. The van der Waals surface area contributed by atoms with Crippen molar-refractivity contribution >= 4 is 17.4 Å². The molecule has 0 heterocycles. The van der Waals surface area contributed by atoms with Crippen molar-refractivity contribution in [2.45, 2.75) is 13.8 Å². The third-order valence-corrected chi connectivity index (χ3v) is 3.24. The number of carbonyl (C=O) groups is 2. The number of benzene rings is 2. The number of carboxylic acid groups (broad SMARTS) is 1. The highest BCUT2D eigenvalue weighted by Gasteiger charge is 2.07. The summed E-state index contributed by atoms with van der Waals surface area (Å²) in [6, 6.07) is 13.7. The minimum atomic E-state index is -1.45. The maximum absolute atomic E-state index is 12.2. The number of nitrogens with one attached hydrogen (secondary N) is 1. The number of anilines is 1. The summed E-state index contributed by atoms with van der Waals surface area (Å²) in [5, 5.41) is 14.0.